The van der Waals surface area contributed by atoms with Gasteiger partial charge in [-0.15, -0.1) is 0 Å². The first kappa shape index (κ1) is 25.1. The summed E-state index contributed by atoms with van der Waals surface area (Å²) in [6.45, 7) is 6.38. The molecule has 1 aromatic carbocycles. The zero-order valence-electron chi connectivity index (χ0n) is 22.2. The summed E-state index contributed by atoms with van der Waals surface area (Å²) in [5.41, 5.74) is 2.75. The number of hydrogen-bond donors (Lipinski definition) is 1. The normalized spacial score (nSPS) is 37.3. The fourth-order valence-electron chi connectivity index (χ4n) is 8.45. The minimum atomic E-state index is -0.166. The van der Waals surface area contributed by atoms with E-state index in [0.717, 1.165) is 56.4 Å². The van der Waals surface area contributed by atoms with Crippen LogP contribution in [-0.2, 0) is 14.3 Å². The summed E-state index contributed by atoms with van der Waals surface area (Å²) in [5, 5.41) is 3.24. The molecule has 1 N–H and O–H groups in total. The van der Waals surface area contributed by atoms with Crippen molar-refractivity contribution in [2.75, 3.05) is 12.4 Å². The SMILES string of the molecule is COc1ccc(N/C=C/C(=O)[C@H]2CC[C@H]3[C@@H]4CC=C5C[C@@H](OC(C)=O)CC[C@]5(C)[C@H]4CC[C@]23C)cc1. The summed E-state index contributed by atoms with van der Waals surface area (Å²) in [4.78, 5) is 24.9. The van der Waals surface area contributed by atoms with Crippen LogP contribution >= 0.6 is 0 Å². The molecule has 0 amide bonds. The topological polar surface area (TPSA) is 64.6 Å². The van der Waals surface area contributed by atoms with Crippen LogP contribution in [0.25, 0.3) is 0 Å². The molecule has 1 aromatic rings. The number of methoxy groups -OCH3 is 1. The van der Waals surface area contributed by atoms with Gasteiger partial charge in [0.2, 0.25) is 0 Å². The number of fused-ring (bicyclic) bond motifs is 5. The molecular formula is C31H41NO4. The molecule has 0 bridgehead atoms. The van der Waals surface area contributed by atoms with Crippen LogP contribution in [0.1, 0.15) is 72.1 Å². The van der Waals surface area contributed by atoms with Crippen molar-refractivity contribution in [2.24, 2.45) is 34.5 Å². The number of carbonyl (C=O) groups excluding carboxylic acids is 2. The molecule has 0 spiro atoms. The third-order valence-electron chi connectivity index (χ3n) is 10.3. The number of esters is 1. The van der Waals surface area contributed by atoms with Crippen LogP contribution in [-0.4, -0.2) is 25.0 Å². The molecule has 36 heavy (non-hydrogen) atoms. The molecule has 0 radical (unpaired) electrons. The van der Waals surface area contributed by atoms with Crippen LogP contribution in [0.15, 0.2) is 48.2 Å². The molecule has 194 valence electrons. The van der Waals surface area contributed by atoms with Crippen molar-refractivity contribution in [1.29, 1.82) is 0 Å². The highest BCUT2D eigenvalue weighted by molar-refractivity contribution is 5.93. The highest BCUT2D eigenvalue weighted by Gasteiger charge is 2.59. The molecular weight excluding hydrogens is 450 g/mol. The standard InChI is InChI=1S/C31H41NO4/c1-20(33)36-24-13-16-30(2)21(19-24)5-10-25-26-11-12-28(31(26,3)17-14-27(25)30)29(34)15-18-32-22-6-8-23(35-4)9-7-22/h5-9,15,18,24-28,32H,10-14,16-17,19H2,1-4H3/b18-15+/t24-,25-,26-,27-,28+,30-,31-/m0/s1. The Morgan fingerprint density at radius 1 is 1.03 bits per heavy atom. The lowest BCUT2D eigenvalue weighted by molar-refractivity contribution is -0.149. The van der Waals surface area contributed by atoms with Gasteiger partial charge in [-0.2, -0.15) is 0 Å². The van der Waals surface area contributed by atoms with Crippen LogP contribution in [0.4, 0.5) is 5.69 Å². The van der Waals surface area contributed by atoms with Gasteiger partial charge in [-0.05, 0) is 104 Å². The Morgan fingerprint density at radius 3 is 2.53 bits per heavy atom. The van der Waals surface area contributed by atoms with Gasteiger partial charge in [0, 0.05) is 31.1 Å². The van der Waals surface area contributed by atoms with E-state index < -0.39 is 0 Å². The summed E-state index contributed by atoms with van der Waals surface area (Å²) in [5.74, 6) is 2.96. The largest absolute Gasteiger partial charge is 0.497 e. The summed E-state index contributed by atoms with van der Waals surface area (Å²) in [6, 6.07) is 7.72. The Labute approximate surface area is 215 Å². The van der Waals surface area contributed by atoms with Gasteiger partial charge in [-0.1, -0.05) is 25.5 Å². The van der Waals surface area contributed by atoms with E-state index in [2.05, 4.69) is 25.2 Å². The molecule has 5 nitrogen and oxygen atoms in total. The summed E-state index contributed by atoms with van der Waals surface area (Å²) < 4.78 is 10.8. The van der Waals surface area contributed by atoms with E-state index in [1.54, 1.807) is 19.4 Å². The Bertz CT molecular complexity index is 1060. The molecule has 0 heterocycles. The van der Waals surface area contributed by atoms with Gasteiger partial charge in [-0.3, -0.25) is 9.59 Å². The van der Waals surface area contributed by atoms with Crippen LogP contribution in [0.2, 0.25) is 0 Å². The number of carbonyl (C=O) groups is 2. The molecule has 4 aliphatic carbocycles. The molecule has 0 unspecified atom stereocenters. The highest BCUT2D eigenvalue weighted by Crippen LogP contribution is 2.66. The lowest BCUT2D eigenvalue weighted by atomic mass is 9.47. The fraction of sp³-hybridized carbons (Fsp3) is 0.613. The van der Waals surface area contributed by atoms with Gasteiger partial charge in [-0.25, -0.2) is 0 Å². The quantitative estimate of drug-likeness (QED) is 0.272. The maximum Gasteiger partial charge on any atom is 0.302 e. The van der Waals surface area contributed by atoms with E-state index >= 15 is 0 Å². The second-order valence-electron chi connectivity index (χ2n) is 12.0. The highest BCUT2D eigenvalue weighted by atomic mass is 16.5. The number of anilines is 1. The van der Waals surface area contributed by atoms with Crippen molar-refractivity contribution in [3.63, 3.8) is 0 Å². The van der Waals surface area contributed by atoms with Crippen molar-refractivity contribution in [2.45, 2.75) is 78.2 Å². The number of benzene rings is 1. The Hall–Kier alpha value is -2.56. The maximum atomic E-state index is 13.4. The first-order valence-electron chi connectivity index (χ1n) is 13.7. The molecule has 0 saturated heterocycles. The van der Waals surface area contributed by atoms with E-state index in [9.17, 15) is 9.59 Å². The summed E-state index contributed by atoms with van der Waals surface area (Å²) in [7, 11) is 1.66. The lowest BCUT2D eigenvalue weighted by Gasteiger charge is -2.58. The molecule has 7 atom stereocenters. The molecule has 0 aromatic heterocycles. The maximum absolute atomic E-state index is 13.4. The van der Waals surface area contributed by atoms with Crippen LogP contribution < -0.4 is 10.1 Å². The predicted molar refractivity (Wildman–Crippen MR) is 142 cm³/mol. The van der Waals surface area contributed by atoms with E-state index in [1.807, 2.05) is 24.3 Å². The van der Waals surface area contributed by atoms with E-state index in [4.69, 9.17) is 9.47 Å². The number of hydrogen-bond acceptors (Lipinski definition) is 5. The average Bonchev–Trinajstić information content (AvgIpc) is 3.21. The summed E-state index contributed by atoms with van der Waals surface area (Å²) >= 11 is 0. The second kappa shape index (κ2) is 9.72. The van der Waals surface area contributed by atoms with Crippen molar-refractivity contribution in [3.8, 4) is 5.75 Å². The van der Waals surface area contributed by atoms with E-state index in [0.29, 0.717) is 17.8 Å². The molecule has 4 aliphatic rings. The van der Waals surface area contributed by atoms with Gasteiger partial charge in [0.05, 0.1) is 7.11 Å². The lowest BCUT2D eigenvalue weighted by Crippen LogP contribution is -2.51. The Morgan fingerprint density at radius 2 is 1.81 bits per heavy atom. The Balaban J connectivity index is 1.26. The average molecular weight is 492 g/mol. The zero-order valence-corrected chi connectivity index (χ0v) is 22.2. The number of allylic oxidation sites excluding steroid dienone is 2. The molecule has 5 heteroatoms. The number of ketones is 1. The monoisotopic (exact) mass is 491 g/mol. The predicted octanol–water partition coefficient (Wildman–Crippen LogP) is 6.70. The van der Waals surface area contributed by atoms with Crippen LogP contribution in [0.5, 0.6) is 5.75 Å². The van der Waals surface area contributed by atoms with Gasteiger partial charge < -0.3 is 14.8 Å². The van der Waals surface area contributed by atoms with Crippen molar-refractivity contribution in [1.82, 2.24) is 0 Å². The molecule has 5 rings (SSSR count). The second-order valence-corrected chi connectivity index (χ2v) is 12.0. The first-order chi connectivity index (χ1) is 17.2. The van der Waals surface area contributed by atoms with Crippen LogP contribution in [0.3, 0.4) is 0 Å². The number of rotatable bonds is 6. The molecule has 0 aliphatic heterocycles. The third-order valence-corrected chi connectivity index (χ3v) is 10.3. The smallest absolute Gasteiger partial charge is 0.302 e. The van der Waals surface area contributed by atoms with Crippen molar-refractivity contribution >= 4 is 17.4 Å². The van der Waals surface area contributed by atoms with E-state index in [1.165, 1.54) is 18.9 Å². The third kappa shape index (κ3) is 4.39. The van der Waals surface area contributed by atoms with Gasteiger partial charge in [0.25, 0.3) is 0 Å². The van der Waals surface area contributed by atoms with Gasteiger partial charge >= 0.3 is 5.97 Å². The zero-order chi connectivity index (χ0) is 25.5. The molecule has 3 saturated carbocycles. The fourth-order valence-corrected chi connectivity index (χ4v) is 8.45. The number of nitrogens with one attached hydrogen (secondary N) is 1. The van der Waals surface area contributed by atoms with Gasteiger partial charge in [0.1, 0.15) is 11.9 Å². The summed E-state index contributed by atoms with van der Waals surface area (Å²) in [6.07, 6.45) is 14.6. The van der Waals surface area contributed by atoms with Crippen molar-refractivity contribution < 1.29 is 19.1 Å². The minimum absolute atomic E-state index is 0.0408. The number of ether oxygens (including phenoxy) is 2. The van der Waals surface area contributed by atoms with E-state index in [-0.39, 0.29) is 34.6 Å². The Kier molecular flexibility index (Phi) is 6.78. The minimum Gasteiger partial charge on any atom is -0.497 e. The van der Waals surface area contributed by atoms with Crippen LogP contribution in [0, 0.1) is 34.5 Å². The van der Waals surface area contributed by atoms with Crippen molar-refractivity contribution in [3.05, 3.63) is 48.2 Å². The first-order valence-corrected chi connectivity index (χ1v) is 13.7. The van der Waals surface area contributed by atoms with Gasteiger partial charge in [0.15, 0.2) is 5.78 Å². The molecule has 3 fully saturated rings.